The number of benzene rings is 2. The third-order valence-corrected chi connectivity index (χ3v) is 6.40. The van der Waals surface area contributed by atoms with Crippen LogP contribution in [0.1, 0.15) is 31.7 Å². The van der Waals surface area contributed by atoms with Crippen molar-refractivity contribution in [2.24, 2.45) is 11.8 Å². The van der Waals surface area contributed by atoms with Crippen molar-refractivity contribution in [2.75, 3.05) is 32.3 Å². The molecule has 2 aliphatic rings. The minimum Gasteiger partial charge on any atom is -0.497 e. The molecule has 8 heteroatoms. The van der Waals surface area contributed by atoms with Gasteiger partial charge in [0.2, 0.25) is 12.7 Å². The molecule has 0 saturated carbocycles. The third-order valence-electron chi connectivity index (χ3n) is 6.40. The lowest BCUT2D eigenvalue weighted by atomic mass is 9.81. The van der Waals surface area contributed by atoms with Crippen molar-refractivity contribution < 1.29 is 23.8 Å². The summed E-state index contributed by atoms with van der Waals surface area (Å²) in [6.45, 7) is 4.08. The Kier molecular flexibility index (Phi) is 7.22. The van der Waals surface area contributed by atoms with Crippen LogP contribution in [0.4, 0.5) is 10.5 Å². The van der Waals surface area contributed by atoms with Crippen LogP contribution in [-0.4, -0.2) is 43.8 Å². The molecule has 2 aliphatic heterocycles. The molecule has 2 atom stereocenters. The number of anilines is 1. The topological polar surface area (TPSA) is 89.1 Å². The number of nitrogens with one attached hydrogen (secondary N) is 2. The van der Waals surface area contributed by atoms with Gasteiger partial charge in [-0.25, -0.2) is 4.79 Å². The zero-order valence-electron chi connectivity index (χ0n) is 19.1. The number of amides is 3. The molecule has 8 nitrogen and oxygen atoms in total. The number of methoxy groups -OCH3 is 1. The Bertz CT molecular complexity index is 996. The average molecular weight is 454 g/mol. The summed E-state index contributed by atoms with van der Waals surface area (Å²) >= 11 is 0. The molecule has 4 rings (SSSR count). The number of likely N-dealkylation sites (tertiary alicyclic amines) is 1. The lowest BCUT2D eigenvalue weighted by Crippen LogP contribution is -2.46. The Morgan fingerprint density at radius 2 is 1.97 bits per heavy atom. The number of rotatable bonds is 7. The second-order valence-corrected chi connectivity index (χ2v) is 8.49. The van der Waals surface area contributed by atoms with Crippen LogP contribution in [0.5, 0.6) is 17.2 Å². The highest BCUT2D eigenvalue weighted by atomic mass is 16.7. The monoisotopic (exact) mass is 453 g/mol. The van der Waals surface area contributed by atoms with Crippen LogP contribution in [0.2, 0.25) is 0 Å². The van der Waals surface area contributed by atoms with Gasteiger partial charge in [-0.05, 0) is 48.1 Å². The van der Waals surface area contributed by atoms with Gasteiger partial charge in [0.05, 0.1) is 7.11 Å². The first-order valence-corrected chi connectivity index (χ1v) is 11.4. The molecule has 0 aliphatic carbocycles. The lowest BCUT2D eigenvalue weighted by Gasteiger charge is -2.38. The van der Waals surface area contributed by atoms with E-state index in [1.807, 2.05) is 41.3 Å². The van der Waals surface area contributed by atoms with Gasteiger partial charge in [-0.3, -0.25) is 4.79 Å². The number of carbonyl (C=O) groups excluding carboxylic acids is 2. The Morgan fingerprint density at radius 1 is 1.12 bits per heavy atom. The second-order valence-electron chi connectivity index (χ2n) is 8.49. The summed E-state index contributed by atoms with van der Waals surface area (Å²) in [4.78, 5) is 27.2. The zero-order valence-corrected chi connectivity index (χ0v) is 19.1. The van der Waals surface area contributed by atoms with Crippen molar-refractivity contribution in [1.29, 1.82) is 0 Å². The smallest absolute Gasteiger partial charge is 0.321 e. The molecule has 1 fully saturated rings. The zero-order chi connectivity index (χ0) is 23.2. The molecule has 33 heavy (non-hydrogen) atoms. The van der Waals surface area contributed by atoms with Crippen LogP contribution in [-0.2, 0) is 11.3 Å². The van der Waals surface area contributed by atoms with Gasteiger partial charge in [0.1, 0.15) is 5.75 Å². The Hall–Kier alpha value is -3.42. The van der Waals surface area contributed by atoms with Crippen molar-refractivity contribution in [3.8, 4) is 17.2 Å². The Labute approximate surface area is 194 Å². The molecule has 0 unspecified atom stereocenters. The summed E-state index contributed by atoms with van der Waals surface area (Å²) in [5.74, 6) is 2.72. The maximum absolute atomic E-state index is 12.8. The Morgan fingerprint density at radius 3 is 2.79 bits per heavy atom. The first-order valence-electron chi connectivity index (χ1n) is 11.4. The van der Waals surface area contributed by atoms with E-state index in [1.54, 1.807) is 13.2 Å². The van der Waals surface area contributed by atoms with E-state index >= 15 is 0 Å². The maximum atomic E-state index is 12.8. The molecule has 0 spiro atoms. The van der Waals surface area contributed by atoms with Crippen LogP contribution in [0.15, 0.2) is 42.5 Å². The molecule has 2 heterocycles. The van der Waals surface area contributed by atoms with Crippen LogP contribution >= 0.6 is 0 Å². The molecule has 3 amide bonds. The number of hydrogen-bond donors (Lipinski definition) is 2. The predicted molar refractivity (Wildman–Crippen MR) is 125 cm³/mol. The minimum absolute atomic E-state index is 0.0328. The second kappa shape index (κ2) is 10.5. The van der Waals surface area contributed by atoms with Crippen LogP contribution in [0, 0.1) is 11.8 Å². The predicted octanol–water partition coefficient (Wildman–Crippen LogP) is 4.01. The van der Waals surface area contributed by atoms with E-state index in [-0.39, 0.29) is 30.6 Å². The first kappa shape index (κ1) is 22.8. The van der Waals surface area contributed by atoms with Gasteiger partial charge in [0.15, 0.2) is 11.5 Å². The van der Waals surface area contributed by atoms with Crippen molar-refractivity contribution in [3.63, 3.8) is 0 Å². The number of ether oxygens (including phenoxy) is 3. The highest BCUT2D eigenvalue weighted by Gasteiger charge is 2.31. The summed E-state index contributed by atoms with van der Waals surface area (Å²) in [6.07, 6.45) is 2.19. The third kappa shape index (κ3) is 5.69. The van der Waals surface area contributed by atoms with Crippen LogP contribution in [0.3, 0.4) is 0 Å². The summed E-state index contributed by atoms with van der Waals surface area (Å²) in [5, 5.41) is 5.97. The average Bonchev–Trinajstić information content (AvgIpc) is 3.31. The molecule has 176 valence electrons. The van der Waals surface area contributed by atoms with E-state index in [4.69, 9.17) is 14.2 Å². The largest absolute Gasteiger partial charge is 0.497 e. The van der Waals surface area contributed by atoms with E-state index in [0.29, 0.717) is 43.2 Å². The SMILES string of the molecule is CC[C@H]1CN(C(=O)Nc2cccc(OC)c2)CC[C@H]1CC(=O)NCc1ccc2c(c1)OCO2. The van der Waals surface area contributed by atoms with Gasteiger partial charge in [-0.1, -0.05) is 25.5 Å². The van der Waals surface area contributed by atoms with Crippen molar-refractivity contribution in [3.05, 3.63) is 48.0 Å². The molecule has 2 N–H and O–H groups in total. The molecule has 2 aromatic carbocycles. The van der Waals surface area contributed by atoms with Gasteiger partial charge in [0.25, 0.3) is 0 Å². The van der Waals surface area contributed by atoms with E-state index in [9.17, 15) is 9.59 Å². The maximum Gasteiger partial charge on any atom is 0.321 e. The fourth-order valence-corrected chi connectivity index (χ4v) is 4.46. The van der Waals surface area contributed by atoms with E-state index in [2.05, 4.69) is 17.6 Å². The van der Waals surface area contributed by atoms with Crippen molar-refractivity contribution in [2.45, 2.75) is 32.7 Å². The highest BCUT2D eigenvalue weighted by Crippen LogP contribution is 2.33. The fourth-order valence-electron chi connectivity index (χ4n) is 4.46. The lowest BCUT2D eigenvalue weighted by molar-refractivity contribution is -0.123. The van der Waals surface area contributed by atoms with Gasteiger partial charge in [-0.2, -0.15) is 0 Å². The number of urea groups is 1. The van der Waals surface area contributed by atoms with Crippen molar-refractivity contribution in [1.82, 2.24) is 10.2 Å². The molecule has 1 saturated heterocycles. The number of fused-ring (bicyclic) bond motifs is 1. The van der Waals surface area contributed by atoms with E-state index < -0.39 is 0 Å². The summed E-state index contributed by atoms with van der Waals surface area (Å²) in [5.41, 5.74) is 1.68. The highest BCUT2D eigenvalue weighted by molar-refractivity contribution is 5.89. The molecule has 0 bridgehead atoms. The molecule has 0 aromatic heterocycles. The summed E-state index contributed by atoms with van der Waals surface area (Å²) < 4.78 is 15.9. The summed E-state index contributed by atoms with van der Waals surface area (Å²) in [6, 6.07) is 12.9. The standard InChI is InChI=1S/C25H31N3O5/c1-3-18-15-28(25(30)27-20-5-4-6-21(13-20)31-2)10-9-19(18)12-24(29)26-14-17-7-8-22-23(11-17)33-16-32-22/h4-8,11,13,18-19H,3,9-10,12,14-16H2,1-2H3,(H,26,29)(H,27,30)/t18-,19-/m0/s1. The van der Waals surface area contributed by atoms with E-state index in [1.165, 1.54) is 0 Å². The van der Waals surface area contributed by atoms with Gasteiger partial charge in [-0.15, -0.1) is 0 Å². The van der Waals surface area contributed by atoms with E-state index in [0.717, 1.165) is 24.2 Å². The normalized spacial score (nSPS) is 19.2. The van der Waals surface area contributed by atoms with Crippen molar-refractivity contribution >= 4 is 17.6 Å². The number of piperidine rings is 1. The van der Waals surface area contributed by atoms with Gasteiger partial charge in [0, 0.05) is 37.8 Å². The Balaban J connectivity index is 1.26. The number of carbonyl (C=O) groups is 2. The fraction of sp³-hybridized carbons (Fsp3) is 0.440. The van der Waals surface area contributed by atoms with Crippen LogP contribution in [0.25, 0.3) is 0 Å². The van der Waals surface area contributed by atoms with Crippen LogP contribution < -0.4 is 24.8 Å². The number of hydrogen-bond acceptors (Lipinski definition) is 5. The number of nitrogens with zero attached hydrogens (tertiary/aromatic N) is 1. The summed E-state index contributed by atoms with van der Waals surface area (Å²) in [7, 11) is 1.60. The quantitative estimate of drug-likeness (QED) is 0.661. The first-order chi connectivity index (χ1) is 16.1. The molecule has 0 radical (unpaired) electrons. The molecule has 2 aromatic rings. The minimum atomic E-state index is -0.118. The molecular weight excluding hydrogens is 422 g/mol. The molecular formula is C25H31N3O5. The van der Waals surface area contributed by atoms with Gasteiger partial charge < -0.3 is 29.7 Å². The van der Waals surface area contributed by atoms with Gasteiger partial charge >= 0.3 is 6.03 Å².